The molecule has 190 valence electrons. The maximum atomic E-state index is 13.4. The number of ether oxygens (including phenoxy) is 1. The van der Waals surface area contributed by atoms with Crippen molar-refractivity contribution in [3.63, 3.8) is 0 Å². The zero-order valence-corrected chi connectivity index (χ0v) is 20.8. The number of carbonyl (C=O) groups is 2. The summed E-state index contributed by atoms with van der Waals surface area (Å²) >= 11 is 0. The topological polar surface area (TPSA) is 93.5 Å². The molecule has 0 bridgehead atoms. The van der Waals surface area contributed by atoms with Crippen LogP contribution in [0.2, 0.25) is 0 Å². The lowest BCUT2D eigenvalue weighted by Crippen LogP contribution is -2.44. The van der Waals surface area contributed by atoms with Crippen LogP contribution in [0.4, 0.5) is 11.4 Å². The van der Waals surface area contributed by atoms with Crippen molar-refractivity contribution >= 4 is 28.8 Å². The molecule has 2 heterocycles. The zero-order valence-electron chi connectivity index (χ0n) is 20.8. The molecule has 2 aliphatic heterocycles. The number of aliphatic hydroxyl groups excluding tert-OH is 1. The Morgan fingerprint density at radius 1 is 0.865 bits per heavy atom. The molecule has 8 heteroatoms. The van der Waals surface area contributed by atoms with Crippen molar-refractivity contribution in [3.8, 4) is 11.5 Å². The van der Waals surface area contributed by atoms with Gasteiger partial charge in [-0.15, -0.1) is 0 Å². The molecule has 5 rings (SSSR count). The largest absolute Gasteiger partial charge is 0.508 e. The van der Waals surface area contributed by atoms with Gasteiger partial charge in [0.15, 0.2) is 0 Å². The molecular formula is C29H29N3O5. The molecule has 0 radical (unpaired) electrons. The normalized spacial score (nSPS) is 19.9. The van der Waals surface area contributed by atoms with Gasteiger partial charge in [0.1, 0.15) is 17.3 Å². The lowest BCUT2D eigenvalue weighted by Gasteiger charge is -2.34. The number of aliphatic hydroxyl groups is 1. The van der Waals surface area contributed by atoms with E-state index in [1.165, 1.54) is 24.1 Å². The summed E-state index contributed by atoms with van der Waals surface area (Å²) in [6, 6.07) is 19.8. The number of phenols is 1. The number of benzene rings is 3. The van der Waals surface area contributed by atoms with Crippen LogP contribution in [0.5, 0.6) is 11.5 Å². The number of carbonyl (C=O) groups excluding carboxylic acids is 2. The quantitative estimate of drug-likeness (QED) is 0.314. The third kappa shape index (κ3) is 4.51. The molecule has 2 aliphatic rings. The van der Waals surface area contributed by atoms with Crippen molar-refractivity contribution in [2.45, 2.75) is 6.04 Å². The third-order valence-corrected chi connectivity index (χ3v) is 7.01. The lowest BCUT2D eigenvalue weighted by atomic mass is 9.94. The predicted octanol–water partition coefficient (Wildman–Crippen LogP) is 3.78. The lowest BCUT2D eigenvalue weighted by molar-refractivity contribution is -0.132. The summed E-state index contributed by atoms with van der Waals surface area (Å²) in [5.41, 5.74) is 2.44. The second-order valence-electron chi connectivity index (χ2n) is 9.27. The van der Waals surface area contributed by atoms with Crippen molar-refractivity contribution in [2.75, 3.05) is 50.1 Å². The van der Waals surface area contributed by atoms with Crippen molar-refractivity contribution in [1.29, 1.82) is 0 Å². The molecule has 8 nitrogen and oxygen atoms in total. The maximum Gasteiger partial charge on any atom is 0.300 e. The first-order chi connectivity index (χ1) is 17.9. The summed E-state index contributed by atoms with van der Waals surface area (Å²) in [6.45, 7) is 3.76. The number of amides is 1. The van der Waals surface area contributed by atoms with Crippen molar-refractivity contribution in [3.05, 3.63) is 89.5 Å². The first kappa shape index (κ1) is 24.4. The van der Waals surface area contributed by atoms with Gasteiger partial charge in [0.25, 0.3) is 11.7 Å². The highest BCUT2D eigenvalue weighted by atomic mass is 16.5. The van der Waals surface area contributed by atoms with Gasteiger partial charge in [0, 0.05) is 37.6 Å². The first-order valence-electron chi connectivity index (χ1n) is 12.2. The predicted molar refractivity (Wildman–Crippen MR) is 142 cm³/mol. The minimum atomic E-state index is -0.889. The maximum absolute atomic E-state index is 13.4. The molecule has 0 aliphatic carbocycles. The van der Waals surface area contributed by atoms with Crippen LogP contribution in [0, 0.1) is 0 Å². The molecular weight excluding hydrogens is 470 g/mol. The van der Waals surface area contributed by atoms with Crippen LogP contribution < -0.4 is 14.5 Å². The minimum Gasteiger partial charge on any atom is -0.508 e. The molecule has 1 amide bonds. The number of piperazine rings is 1. The van der Waals surface area contributed by atoms with E-state index in [2.05, 4.69) is 16.8 Å². The van der Waals surface area contributed by atoms with Gasteiger partial charge in [-0.3, -0.25) is 14.5 Å². The molecule has 0 aromatic heterocycles. The van der Waals surface area contributed by atoms with Crippen LogP contribution in [0.15, 0.2) is 78.4 Å². The number of phenolic OH excluding ortho intramolecular Hbond substituents is 1. The Morgan fingerprint density at radius 3 is 2.14 bits per heavy atom. The number of likely N-dealkylation sites (N-methyl/N-ethyl adjacent to an activating group) is 1. The van der Waals surface area contributed by atoms with Gasteiger partial charge in [0.05, 0.1) is 24.3 Å². The third-order valence-electron chi connectivity index (χ3n) is 7.01. The Balaban J connectivity index is 1.60. The summed E-state index contributed by atoms with van der Waals surface area (Å²) in [5, 5.41) is 21.2. The van der Waals surface area contributed by atoms with Crippen LogP contribution in [-0.4, -0.2) is 67.1 Å². The average Bonchev–Trinajstić information content (AvgIpc) is 3.19. The number of ketones is 1. The van der Waals surface area contributed by atoms with Crippen molar-refractivity contribution in [2.24, 2.45) is 0 Å². The molecule has 37 heavy (non-hydrogen) atoms. The fourth-order valence-corrected chi connectivity index (χ4v) is 4.94. The van der Waals surface area contributed by atoms with E-state index >= 15 is 0 Å². The van der Waals surface area contributed by atoms with E-state index < -0.39 is 17.7 Å². The Kier molecular flexibility index (Phi) is 6.58. The van der Waals surface area contributed by atoms with E-state index in [1.54, 1.807) is 36.4 Å². The highest BCUT2D eigenvalue weighted by Gasteiger charge is 2.47. The van der Waals surface area contributed by atoms with E-state index in [0.717, 1.165) is 31.9 Å². The number of aromatic hydroxyl groups is 1. The van der Waals surface area contributed by atoms with Gasteiger partial charge in [-0.2, -0.15) is 0 Å². The van der Waals surface area contributed by atoms with Crippen LogP contribution in [0.25, 0.3) is 5.76 Å². The number of rotatable bonds is 5. The molecule has 3 aromatic carbocycles. The van der Waals surface area contributed by atoms with Crippen LogP contribution in [0.1, 0.15) is 17.2 Å². The van der Waals surface area contributed by atoms with E-state index in [4.69, 9.17) is 4.74 Å². The SMILES string of the molecule is COc1ccccc1/C(O)=C1\C(=O)C(=O)N(c2ccc(N3CCN(C)CC3)cc2)C1c1ccc(O)cc1. The Bertz CT molecular complexity index is 1340. The van der Waals surface area contributed by atoms with E-state index in [0.29, 0.717) is 22.6 Å². The summed E-state index contributed by atoms with van der Waals surface area (Å²) < 4.78 is 5.39. The van der Waals surface area contributed by atoms with Crippen LogP contribution >= 0.6 is 0 Å². The fourth-order valence-electron chi connectivity index (χ4n) is 4.94. The average molecular weight is 500 g/mol. The summed E-state index contributed by atoms with van der Waals surface area (Å²) in [7, 11) is 3.58. The highest BCUT2D eigenvalue weighted by molar-refractivity contribution is 6.51. The molecule has 2 saturated heterocycles. The van der Waals surface area contributed by atoms with Crippen LogP contribution in [-0.2, 0) is 9.59 Å². The number of hydrogen-bond acceptors (Lipinski definition) is 7. The number of anilines is 2. The Labute approximate surface area is 215 Å². The molecule has 0 saturated carbocycles. The second-order valence-corrected chi connectivity index (χ2v) is 9.27. The summed E-state index contributed by atoms with van der Waals surface area (Å²) in [5.74, 6) is -1.40. The number of Topliss-reactive ketones (excluding diaryl/α,β-unsaturated/α-hetero) is 1. The van der Waals surface area contributed by atoms with Crippen molar-refractivity contribution < 1.29 is 24.5 Å². The summed E-state index contributed by atoms with van der Waals surface area (Å²) in [6.07, 6.45) is 0. The molecule has 2 fully saturated rings. The second kappa shape index (κ2) is 9.99. The molecule has 1 unspecified atom stereocenters. The number of hydrogen-bond donors (Lipinski definition) is 2. The smallest absolute Gasteiger partial charge is 0.300 e. The number of nitrogens with zero attached hydrogens (tertiary/aromatic N) is 3. The molecule has 1 atom stereocenters. The zero-order chi connectivity index (χ0) is 26.1. The Morgan fingerprint density at radius 2 is 1.49 bits per heavy atom. The van der Waals surface area contributed by atoms with Gasteiger partial charge in [-0.05, 0) is 61.1 Å². The highest BCUT2D eigenvalue weighted by Crippen LogP contribution is 2.43. The standard InChI is InChI=1S/C29H29N3O5/c1-30-15-17-31(18-16-30)20-9-11-21(12-10-20)32-26(19-7-13-22(33)14-8-19)25(28(35)29(32)36)27(34)23-5-3-4-6-24(23)37-2/h3-14,26,33-34H,15-18H2,1-2H3/b27-25+. The van der Waals surface area contributed by atoms with Gasteiger partial charge >= 0.3 is 0 Å². The van der Waals surface area contributed by atoms with E-state index in [-0.39, 0.29) is 17.1 Å². The van der Waals surface area contributed by atoms with E-state index in [1.807, 2.05) is 24.3 Å². The molecule has 2 N–H and O–H groups in total. The fraction of sp³-hybridized carbons (Fsp3) is 0.241. The minimum absolute atomic E-state index is 0.0386. The molecule has 3 aromatic rings. The van der Waals surface area contributed by atoms with Gasteiger partial charge in [-0.1, -0.05) is 24.3 Å². The van der Waals surface area contributed by atoms with Gasteiger partial charge in [-0.25, -0.2) is 0 Å². The van der Waals surface area contributed by atoms with Gasteiger partial charge < -0.3 is 24.7 Å². The Hall–Kier alpha value is -4.30. The first-order valence-corrected chi connectivity index (χ1v) is 12.2. The monoisotopic (exact) mass is 499 g/mol. The van der Waals surface area contributed by atoms with E-state index in [9.17, 15) is 19.8 Å². The number of para-hydroxylation sites is 1. The van der Waals surface area contributed by atoms with Crippen molar-refractivity contribution in [1.82, 2.24) is 4.90 Å². The summed E-state index contributed by atoms with van der Waals surface area (Å²) in [4.78, 5) is 32.8. The molecule has 0 spiro atoms. The van der Waals surface area contributed by atoms with Crippen LogP contribution in [0.3, 0.4) is 0 Å². The van der Waals surface area contributed by atoms with Gasteiger partial charge in [0.2, 0.25) is 0 Å². The number of methoxy groups -OCH3 is 1.